The van der Waals surface area contributed by atoms with Crippen molar-refractivity contribution < 1.29 is 57.5 Å². The molecule has 0 unspecified atom stereocenters. The third-order valence-electron chi connectivity index (χ3n) is 7.87. The largest absolute Gasteiger partial charge is 0.481 e. The molecule has 1 heterocycles. The number of aliphatic carboxylic acids is 1. The fraction of sp³-hybridized carbons (Fsp3) is 0.872. The van der Waals surface area contributed by atoms with Gasteiger partial charge >= 0.3 is 23.9 Å². The molecule has 1 fully saturated rings. The fourth-order valence-electron chi connectivity index (χ4n) is 5.74. The normalized spacial score (nSPS) is 18.2. The SMILES string of the molecule is CC(C)(C)OC(=O)CCOC[C@H]1CN(C(=O)CCCCCCCCCCC(=O)O)C[C@@H](OCCC(=O)OC(C)(C)C)[C@@H]1OCCC(=O)OC(C)(C)C. The summed E-state index contributed by atoms with van der Waals surface area (Å²) in [5.74, 6) is -2.29. The standard InChI is InChI=1S/C39H69NO12/c1-37(2,3)50-33(44)20-23-47-28-29-26-40(31(41)18-16-14-12-10-11-13-15-17-19-32(42)43)27-30(48-24-21-34(45)51-38(4,5)6)36(29)49-25-22-35(46)52-39(7,8)9/h29-30,36H,10-28H2,1-9H3,(H,42,43)/t29-,30-,36-/m1/s1. The molecule has 0 aliphatic carbocycles. The molecule has 1 aliphatic rings. The Balaban J connectivity index is 2.95. The van der Waals surface area contributed by atoms with Crippen LogP contribution in [0.4, 0.5) is 0 Å². The van der Waals surface area contributed by atoms with Crippen LogP contribution in [0.25, 0.3) is 0 Å². The van der Waals surface area contributed by atoms with Crippen molar-refractivity contribution in [1.82, 2.24) is 4.90 Å². The Labute approximate surface area is 312 Å². The maximum Gasteiger partial charge on any atom is 0.308 e. The van der Waals surface area contributed by atoms with E-state index in [0.29, 0.717) is 19.4 Å². The van der Waals surface area contributed by atoms with Crippen LogP contribution in [0.3, 0.4) is 0 Å². The molecule has 1 amide bonds. The Morgan fingerprint density at radius 1 is 0.558 bits per heavy atom. The molecule has 1 aliphatic heterocycles. The number of hydrogen-bond donors (Lipinski definition) is 1. The topological polar surface area (TPSA) is 164 Å². The fourth-order valence-corrected chi connectivity index (χ4v) is 5.74. The lowest BCUT2D eigenvalue weighted by molar-refractivity contribution is -0.172. The Kier molecular flexibility index (Phi) is 21.6. The van der Waals surface area contributed by atoms with Gasteiger partial charge in [-0.25, -0.2) is 0 Å². The predicted molar refractivity (Wildman–Crippen MR) is 196 cm³/mol. The molecule has 13 nitrogen and oxygen atoms in total. The van der Waals surface area contributed by atoms with Crippen molar-refractivity contribution in [3.8, 4) is 0 Å². The summed E-state index contributed by atoms with van der Waals surface area (Å²) in [6.07, 6.45) is 6.90. The van der Waals surface area contributed by atoms with Gasteiger partial charge in [-0.3, -0.25) is 24.0 Å². The van der Waals surface area contributed by atoms with Crippen LogP contribution in [0, 0.1) is 5.92 Å². The molecule has 0 aromatic carbocycles. The van der Waals surface area contributed by atoms with E-state index < -0.39 is 46.9 Å². The molecular weight excluding hydrogens is 674 g/mol. The number of piperidine rings is 1. The summed E-state index contributed by atoms with van der Waals surface area (Å²) in [6.45, 7) is 17.2. The molecule has 1 rings (SSSR count). The Hall–Kier alpha value is -2.77. The number of rotatable bonds is 24. The quantitative estimate of drug-likeness (QED) is 0.0657. The number of nitrogens with zero attached hydrogens (tertiary/aromatic N) is 1. The van der Waals surface area contributed by atoms with E-state index in [1.807, 2.05) is 0 Å². The van der Waals surface area contributed by atoms with Gasteiger partial charge in [0.1, 0.15) is 22.9 Å². The molecule has 0 aromatic heterocycles. The summed E-state index contributed by atoms with van der Waals surface area (Å²) < 4.78 is 34.8. The number of amides is 1. The lowest BCUT2D eigenvalue weighted by atomic mass is 9.92. The first kappa shape index (κ1) is 47.3. The number of ether oxygens (including phenoxy) is 6. The summed E-state index contributed by atoms with van der Waals surface area (Å²) >= 11 is 0. The first-order chi connectivity index (χ1) is 24.1. The van der Waals surface area contributed by atoms with Gasteiger partial charge in [-0.05, 0) is 75.2 Å². The van der Waals surface area contributed by atoms with E-state index >= 15 is 0 Å². The summed E-state index contributed by atoms with van der Waals surface area (Å²) in [6, 6.07) is 0. The number of esters is 3. The summed E-state index contributed by atoms with van der Waals surface area (Å²) in [5.41, 5.74) is -1.88. The first-order valence-corrected chi connectivity index (χ1v) is 19.1. The number of carbonyl (C=O) groups is 5. The third kappa shape index (κ3) is 24.5. The highest BCUT2D eigenvalue weighted by molar-refractivity contribution is 5.76. The van der Waals surface area contributed by atoms with Crippen LogP contribution in [-0.2, 0) is 52.4 Å². The summed E-state index contributed by atoms with van der Waals surface area (Å²) in [5, 5.41) is 8.77. The maximum atomic E-state index is 13.5. The van der Waals surface area contributed by atoms with Crippen LogP contribution in [0.1, 0.15) is 146 Å². The van der Waals surface area contributed by atoms with Crippen LogP contribution in [0.15, 0.2) is 0 Å². The minimum Gasteiger partial charge on any atom is -0.481 e. The number of likely N-dealkylation sites (tertiary alicyclic amines) is 1. The monoisotopic (exact) mass is 743 g/mol. The van der Waals surface area contributed by atoms with Crippen molar-refractivity contribution in [2.75, 3.05) is 39.5 Å². The van der Waals surface area contributed by atoms with E-state index in [0.717, 1.165) is 44.9 Å². The molecular formula is C39H69NO12. The van der Waals surface area contributed by atoms with Crippen molar-refractivity contribution in [2.24, 2.45) is 5.92 Å². The third-order valence-corrected chi connectivity index (χ3v) is 7.87. The van der Waals surface area contributed by atoms with Crippen LogP contribution < -0.4 is 0 Å². The molecule has 3 atom stereocenters. The minimum atomic E-state index is -0.754. The van der Waals surface area contributed by atoms with Gasteiger partial charge in [-0.2, -0.15) is 0 Å². The summed E-state index contributed by atoms with van der Waals surface area (Å²) in [4.78, 5) is 63.1. The van der Waals surface area contributed by atoms with E-state index in [-0.39, 0.29) is 76.4 Å². The number of carbonyl (C=O) groups excluding carboxylic acids is 4. The number of carboxylic acids is 1. The number of carboxylic acid groups (broad SMARTS) is 1. The van der Waals surface area contributed by atoms with Crippen molar-refractivity contribution in [3.05, 3.63) is 0 Å². The lowest BCUT2D eigenvalue weighted by Gasteiger charge is -2.43. The number of unbranched alkanes of at least 4 members (excludes halogenated alkanes) is 7. The molecule has 0 saturated carbocycles. The van der Waals surface area contributed by atoms with Gasteiger partial charge in [0.2, 0.25) is 5.91 Å². The average molecular weight is 744 g/mol. The summed E-state index contributed by atoms with van der Waals surface area (Å²) in [7, 11) is 0. The first-order valence-electron chi connectivity index (χ1n) is 19.1. The van der Waals surface area contributed by atoms with Gasteiger partial charge in [-0.1, -0.05) is 38.5 Å². The van der Waals surface area contributed by atoms with Gasteiger partial charge in [0.25, 0.3) is 0 Å². The maximum absolute atomic E-state index is 13.5. The van der Waals surface area contributed by atoms with Gasteiger partial charge < -0.3 is 38.4 Å². The highest BCUT2D eigenvalue weighted by atomic mass is 16.6. The van der Waals surface area contributed by atoms with E-state index in [9.17, 15) is 24.0 Å². The second-order valence-corrected chi connectivity index (χ2v) is 16.6. The Morgan fingerprint density at radius 2 is 0.981 bits per heavy atom. The molecule has 1 saturated heterocycles. The lowest BCUT2D eigenvalue weighted by Crippen LogP contribution is -2.57. The highest BCUT2D eigenvalue weighted by Crippen LogP contribution is 2.26. The predicted octanol–water partition coefficient (Wildman–Crippen LogP) is 6.41. The van der Waals surface area contributed by atoms with E-state index in [1.165, 1.54) is 0 Å². The molecule has 52 heavy (non-hydrogen) atoms. The van der Waals surface area contributed by atoms with Crippen molar-refractivity contribution in [3.63, 3.8) is 0 Å². The Bertz CT molecular complexity index is 1090. The van der Waals surface area contributed by atoms with Crippen molar-refractivity contribution >= 4 is 29.8 Å². The van der Waals surface area contributed by atoms with Crippen LogP contribution in [-0.4, -0.2) is 108 Å². The molecule has 0 aromatic rings. The average Bonchev–Trinajstić information content (AvgIpc) is 2.98. The van der Waals surface area contributed by atoms with Crippen molar-refractivity contribution in [2.45, 2.75) is 175 Å². The molecule has 0 bridgehead atoms. The van der Waals surface area contributed by atoms with E-state index in [4.69, 9.17) is 33.5 Å². The zero-order valence-electron chi connectivity index (χ0n) is 33.6. The molecule has 1 N–H and O–H groups in total. The van der Waals surface area contributed by atoms with E-state index in [1.54, 1.807) is 67.2 Å². The molecule has 0 radical (unpaired) electrons. The van der Waals surface area contributed by atoms with E-state index in [2.05, 4.69) is 0 Å². The zero-order chi connectivity index (χ0) is 39.4. The number of hydrogen-bond acceptors (Lipinski definition) is 11. The van der Waals surface area contributed by atoms with Gasteiger partial charge in [0.05, 0.1) is 51.8 Å². The van der Waals surface area contributed by atoms with Gasteiger partial charge in [0, 0.05) is 31.8 Å². The second kappa shape index (κ2) is 23.8. The van der Waals surface area contributed by atoms with Gasteiger partial charge in [0.15, 0.2) is 0 Å². The van der Waals surface area contributed by atoms with Crippen LogP contribution >= 0.6 is 0 Å². The zero-order valence-corrected chi connectivity index (χ0v) is 33.6. The van der Waals surface area contributed by atoms with Crippen LogP contribution in [0.5, 0.6) is 0 Å². The van der Waals surface area contributed by atoms with Crippen LogP contribution in [0.2, 0.25) is 0 Å². The molecule has 302 valence electrons. The van der Waals surface area contributed by atoms with Crippen molar-refractivity contribution in [1.29, 1.82) is 0 Å². The highest BCUT2D eigenvalue weighted by Gasteiger charge is 2.40. The molecule has 13 heteroatoms. The van der Waals surface area contributed by atoms with Gasteiger partial charge in [-0.15, -0.1) is 0 Å². The minimum absolute atomic E-state index is 0.0135. The second-order valence-electron chi connectivity index (χ2n) is 16.6. The molecule has 0 spiro atoms. The smallest absolute Gasteiger partial charge is 0.308 e. The Morgan fingerprint density at radius 3 is 1.44 bits per heavy atom.